The molecule has 0 aromatic carbocycles. The normalized spacial score (nSPS) is 24.8. The van der Waals surface area contributed by atoms with E-state index in [2.05, 4.69) is 14.9 Å². The molecule has 0 N–H and O–H groups in total. The second kappa shape index (κ2) is 5.34. The van der Waals surface area contributed by atoms with Crippen molar-refractivity contribution in [2.45, 2.75) is 24.9 Å². The van der Waals surface area contributed by atoms with Gasteiger partial charge in [-0.1, -0.05) is 0 Å². The standard InChI is InChI=1S/C13H18N4O3/c1-16(19-2)13(18)12-14-5-11(6-15-12)17-9-3-4-10(17)8-20-7-9/h5-6,9-10H,3-4,7-8H2,1-2H3. The number of hydroxylamine groups is 2. The monoisotopic (exact) mass is 278 g/mol. The summed E-state index contributed by atoms with van der Waals surface area (Å²) < 4.78 is 5.56. The molecule has 1 amide bonds. The zero-order chi connectivity index (χ0) is 14.1. The van der Waals surface area contributed by atoms with Gasteiger partial charge in [0.2, 0.25) is 5.82 Å². The van der Waals surface area contributed by atoms with Crippen molar-refractivity contribution >= 4 is 11.6 Å². The predicted octanol–water partition coefficient (Wildman–Crippen LogP) is 0.478. The van der Waals surface area contributed by atoms with Crippen LogP contribution in [0.3, 0.4) is 0 Å². The van der Waals surface area contributed by atoms with E-state index < -0.39 is 0 Å². The lowest BCUT2D eigenvalue weighted by atomic mass is 10.2. The summed E-state index contributed by atoms with van der Waals surface area (Å²) in [6, 6.07) is 0.807. The van der Waals surface area contributed by atoms with E-state index in [1.165, 1.54) is 14.2 Å². The lowest BCUT2D eigenvalue weighted by Crippen LogP contribution is -2.46. The molecule has 2 fully saturated rings. The van der Waals surface area contributed by atoms with Crippen LogP contribution in [0.2, 0.25) is 0 Å². The minimum absolute atomic E-state index is 0.138. The zero-order valence-electron chi connectivity index (χ0n) is 11.7. The molecular formula is C13H18N4O3. The number of carbonyl (C=O) groups is 1. The smallest absolute Gasteiger partial charge is 0.314 e. The number of aromatic nitrogens is 2. The molecule has 1 aromatic heterocycles. The van der Waals surface area contributed by atoms with E-state index in [4.69, 9.17) is 9.57 Å². The van der Waals surface area contributed by atoms with E-state index in [9.17, 15) is 4.79 Å². The maximum atomic E-state index is 11.8. The highest BCUT2D eigenvalue weighted by Gasteiger charge is 2.37. The second-order valence-electron chi connectivity index (χ2n) is 5.08. The van der Waals surface area contributed by atoms with Gasteiger partial charge in [0.15, 0.2) is 0 Å². The molecule has 3 rings (SSSR count). The van der Waals surface area contributed by atoms with Crippen molar-refractivity contribution in [2.75, 3.05) is 32.3 Å². The van der Waals surface area contributed by atoms with E-state index in [0.29, 0.717) is 12.1 Å². The lowest BCUT2D eigenvalue weighted by molar-refractivity contribution is -0.0764. The van der Waals surface area contributed by atoms with E-state index in [0.717, 1.165) is 36.8 Å². The van der Waals surface area contributed by atoms with Gasteiger partial charge in [0.05, 0.1) is 50.5 Å². The Balaban J connectivity index is 1.78. The minimum Gasteiger partial charge on any atom is -0.377 e. The Morgan fingerprint density at radius 1 is 1.35 bits per heavy atom. The number of amides is 1. The summed E-state index contributed by atoms with van der Waals surface area (Å²) in [6.07, 6.45) is 5.69. The van der Waals surface area contributed by atoms with Gasteiger partial charge < -0.3 is 9.64 Å². The third kappa shape index (κ3) is 2.23. The highest BCUT2D eigenvalue weighted by atomic mass is 16.7. The molecule has 0 saturated carbocycles. The van der Waals surface area contributed by atoms with Crippen LogP contribution in [0.5, 0.6) is 0 Å². The lowest BCUT2D eigenvalue weighted by Gasteiger charge is -2.36. The molecule has 20 heavy (non-hydrogen) atoms. The molecule has 1 aromatic rings. The van der Waals surface area contributed by atoms with Crippen LogP contribution < -0.4 is 4.90 Å². The first-order chi connectivity index (χ1) is 9.70. The van der Waals surface area contributed by atoms with Crippen LogP contribution in [0.4, 0.5) is 5.69 Å². The highest BCUT2D eigenvalue weighted by Crippen LogP contribution is 2.33. The van der Waals surface area contributed by atoms with Crippen LogP contribution in [0.1, 0.15) is 23.5 Å². The minimum atomic E-state index is -0.357. The maximum absolute atomic E-state index is 11.8. The number of anilines is 1. The molecule has 0 radical (unpaired) electrons. The summed E-state index contributed by atoms with van der Waals surface area (Å²) in [6.45, 7) is 1.51. The molecule has 2 saturated heterocycles. The van der Waals surface area contributed by atoms with E-state index >= 15 is 0 Å². The molecule has 2 aliphatic heterocycles. The van der Waals surface area contributed by atoms with E-state index in [1.54, 1.807) is 12.4 Å². The fourth-order valence-electron chi connectivity index (χ4n) is 2.84. The topological polar surface area (TPSA) is 67.8 Å². The van der Waals surface area contributed by atoms with Gasteiger partial charge in [-0.3, -0.25) is 9.63 Å². The van der Waals surface area contributed by atoms with Crippen molar-refractivity contribution in [3.63, 3.8) is 0 Å². The molecule has 0 aliphatic carbocycles. The summed E-state index contributed by atoms with van der Waals surface area (Å²) in [5.41, 5.74) is 0.956. The number of carbonyl (C=O) groups excluding carboxylic acids is 1. The largest absolute Gasteiger partial charge is 0.377 e. The first-order valence-electron chi connectivity index (χ1n) is 6.71. The molecule has 2 unspecified atom stereocenters. The van der Waals surface area contributed by atoms with Crippen LogP contribution >= 0.6 is 0 Å². The summed E-state index contributed by atoms with van der Waals surface area (Å²) in [7, 11) is 2.96. The second-order valence-corrected chi connectivity index (χ2v) is 5.08. The van der Waals surface area contributed by atoms with Gasteiger partial charge >= 0.3 is 5.91 Å². The van der Waals surface area contributed by atoms with Gasteiger partial charge in [-0.25, -0.2) is 15.0 Å². The third-order valence-electron chi connectivity index (χ3n) is 3.93. The van der Waals surface area contributed by atoms with Gasteiger partial charge in [0.1, 0.15) is 0 Å². The fourth-order valence-corrected chi connectivity index (χ4v) is 2.84. The van der Waals surface area contributed by atoms with Crippen LogP contribution in [0, 0.1) is 0 Å². The van der Waals surface area contributed by atoms with Crippen molar-refractivity contribution < 1.29 is 14.4 Å². The highest BCUT2D eigenvalue weighted by molar-refractivity contribution is 5.89. The molecule has 2 atom stereocenters. The number of fused-ring (bicyclic) bond motifs is 2. The van der Waals surface area contributed by atoms with Gasteiger partial charge in [-0.05, 0) is 12.8 Å². The summed E-state index contributed by atoms with van der Waals surface area (Å²) in [5.74, 6) is -0.220. The molecular weight excluding hydrogens is 260 g/mol. The number of morpholine rings is 1. The van der Waals surface area contributed by atoms with Crippen molar-refractivity contribution in [3.8, 4) is 0 Å². The van der Waals surface area contributed by atoms with Crippen LogP contribution in [0.15, 0.2) is 12.4 Å². The molecule has 7 heteroatoms. The predicted molar refractivity (Wildman–Crippen MR) is 71.2 cm³/mol. The molecule has 2 aliphatic rings. The molecule has 0 spiro atoms. The van der Waals surface area contributed by atoms with Gasteiger partial charge in [-0.15, -0.1) is 0 Å². The Hall–Kier alpha value is -1.73. The van der Waals surface area contributed by atoms with Gasteiger partial charge in [0.25, 0.3) is 0 Å². The number of ether oxygens (including phenoxy) is 1. The quantitative estimate of drug-likeness (QED) is 0.749. The third-order valence-corrected chi connectivity index (χ3v) is 3.93. The van der Waals surface area contributed by atoms with Crippen molar-refractivity contribution in [2.24, 2.45) is 0 Å². The summed E-state index contributed by atoms with van der Waals surface area (Å²) >= 11 is 0. The molecule has 108 valence electrons. The first-order valence-corrected chi connectivity index (χ1v) is 6.71. The van der Waals surface area contributed by atoms with E-state index in [1.807, 2.05) is 0 Å². The Kier molecular flexibility index (Phi) is 3.54. The van der Waals surface area contributed by atoms with Gasteiger partial charge in [0, 0.05) is 7.05 Å². The zero-order valence-corrected chi connectivity index (χ0v) is 11.7. The first kappa shape index (κ1) is 13.3. The Bertz CT molecular complexity index is 477. The van der Waals surface area contributed by atoms with Crippen molar-refractivity contribution in [3.05, 3.63) is 18.2 Å². The Labute approximate surface area is 117 Å². The number of nitrogens with zero attached hydrogens (tertiary/aromatic N) is 4. The summed E-state index contributed by atoms with van der Waals surface area (Å²) in [4.78, 5) is 27.3. The summed E-state index contributed by atoms with van der Waals surface area (Å²) in [5, 5.41) is 1.10. The molecule has 2 bridgehead atoms. The maximum Gasteiger partial charge on any atom is 0.314 e. The van der Waals surface area contributed by atoms with Crippen LogP contribution in [-0.2, 0) is 9.57 Å². The Morgan fingerprint density at radius 2 is 1.95 bits per heavy atom. The van der Waals surface area contributed by atoms with E-state index in [-0.39, 0.29) is 11.7 Å². The van der Waals surface area contributed by atoms with Crippen LogP contribution in [-0.4, -0.2) is 60.4 Å². The van der Waals surface area contributed by atoms with Crippen LogP contribution in [0.25, 0.3) is 0 Å². The Morgan fingerprint density at radius 3 is 2.50 bits per heavy atom. The average molecular weight is 278 g/mol. The molecule has 7 nitrogen and oxygen atoms in total. The molecule has 3 heterocycles. The number of hydrogen-bond donors (Lipinski definition) is 0. The van der Waals surface area contributed by atoms with Crippen molar-refractivity contribution in [1.82, 2.24) is 15.0 Å². The average Bonchev–Trinajstić information content (AvgIpc) is 2.75. The SMILES string of the molecule is CON(C)C(=O)c1ncc(N2C3CCC2COC3)cn1. The van der Waals surface area contributed by atoms with Gasteiger partial charge in [-0.2, -0.15) is 0 Å². The van der Waals surface area contributed by atoms with Crippen molar-refractivity contribution in [1.29, 1.82) is 0 Å². The number of hydrogen-bond acceptors (Lipinski definition) is 6. The fraction of sp³-hybridized carbons (Fsp3) is 0.615. The number of rotatable bonds is 3.